The Kier molecular flexibility index (Phi) is 3.87. The summed E-state index contributed by atoms with van der Waals surface area (Å²) < 4.78 is 23.8. The lowest BCUT2D eigenvalue weighted by Gasteiger charge is -2.12. The van der Waals surface area contributed by atoms with Crippen molar-refractivity contribution in [3.8, 4) is 0 Å². The highest BCUT2D eigenvalue weighted by molar-refractivity contribution is 7.90. The highest BCUT2D eigenvalue weighted by Gasteiger charge is 2.10. The van der Waals surface area contributed by atoms with Crippen LogP contribution in [0.1, 0.15) is 25.1 Å². The standard InChI is InChI=1S/C9H17N3O2S/c1-3-8(10)9-6-11-7-12(9)4-5-15(2,13)14/h6-8H,3-5,10H2,1-2H3/t8-/m1/s1. The Labute approximate surface area is 90.2 Å². The lowest BCUT2D eigenvalue weighted by Crippen LogP contribution is -2.17. The second-order valence-electron chi connectivity index (χ2n) is 3.66. The minimum absolute atomic E-state index is 0.0768. The number of rotatable bonds is 5. The molecule has 2 N–H and O–H groups in total. The number of hydrogen-bond acceptors (Lipinski definition) is 4. The van der Waals surface area contributed by atoms with E-state index < -0.39 is 9.84 Å². The molecule has 0 spiro atoms. The van der Waals surface area contributed by atoms with Crippen molar-refractivity contribution in [1.29, 1.82) is 0 Å². The van der Waals surface area contributed by atoms with E-state index >= 15 is 0 Å². The number of imidazole rings is 1. The number of nitrogens with two attached hydrogens (primary N) is 1. The Hall–Kier alpha value is -0.880. The van der Waals surface area contributed by atoms with Crippen molar-refractivity contribution in [1.82, 2.24) is 9.55 Å². The van der Waals surface area contributed by atoms with Crippen LogP contribution in [0.3, 0.4) is 0 Å². The predicted molar refractivity (Wildman–Crippen MR) is 59.2 cm³/mol. The second kappa shape index (κ2) is 4.76. The van der Waals surface area contributed by atoms with E-state index in [0.29, 0.717) is 6.54 Å². The Balaban J connectivity index is 2.74. The number of sulfone groups is 1. The molecule has 1 aromatic heterocycles. The molecule has 0 aliphatic carbocycles. The van der Waals surface area contributed by atoms with Gasteiger partial charge in [-0.2, -0.15) is 0 Å². The van der Waals surface area contributed by atoms with E-state index in [0.717, 1.165) is 12.1 Å². The van der Waals surface area contributed by atoms with Crippen LogP contribution >= 0.6 is 0 Å². The maximum atomic E-state index is 11.0. The molecule has 1 heterocycles. The maximum Gasteiger partial charge on any atom is 0.149 e. The van der Waals surface area contributed by atoms with Gasteiger partial charge in [-0.1, -0.05) is 6.92 Å². The summed E-state index contributed by atoms with van der Waals surface area (Å²) in [4.78, 5) is 3.98. The van der Waals surface area contributed by atoms with E-state index in [1.54, 1.807) is 17.1 Å². The van der Waals surface area contributed by atoms with Gasteiger partial charge in [0, 0.05) is 25.0 Å². The Bertz CT molecular complexity index is 411. The van der Waals surface area contributed by atoms with Crippen LogP contribution in [0.2, 0.25) is 0 Å². The van der Waals surface area contributed by atoms with Gasteiger partial charge in [-0.25, -0.2) is 13.4 Å². The van der Waals surface area contributed by atoms with Crippen LogP contribution in [-0.2, 0) is 16.4 Å². The van der Waals surface area contributed by atoms with Gasteiger partial charge >= 0.3 is 0 Å². The van der Waals surface area contributed by atoms with E-state index in [1.807, 2.05) is 6.92 Å². The maximum absolute atomic E-state index is 11.0. The van der Waals surface area contributed by atoms with Crippen molar-refractivity contribution in [3.05, 3.63) is 18.2 Å². The van der Waals surface area contributed by atoms with Gasteiger partial charge in [-0.05, 0) is 6.42 Å². The molecule has 86 valence electrons. The fourth-order valence-electron chi connectivity index (χ4n) is 1.30. The normalized spacial score (nSPS) is 14.1. The van der Waals surface area contributed by atoms with E-state index in [9.17, 15) is 8.42 Å². The fourth-order valence-corrected chi connectivity index (χ4v) is 1.83. The average Bonchev–Trinajstić information content (AvgIpc) is 2.60. The third-order valence-corrected chi connectivity index (χ3v) is 3.19. The molecule has 0 saturated heterocycles. The van der Waals surface area contributed by atoms with E-state index in [-0.39, 0.29) is 11.8 Å². The lowest BCUT2D eigenvalue weighted by molar-refractivity contribution is 0.581. The first-order valence-electron chi connectivity index (χ1n) is 4.87. The number of nitrogens with zero attached hydrogens (tertiary/aromatic N) is 2. The van der Waals surface area contributed by atoms with Gasteiger partial charge in [0.05, 0.1) is 17.8 Å². The van der Waals surface area contributed by atoms with Crippen molar-refractivity contribution in [3.63, 3.8) is 0 Å². The largest absolute Gasteiger partial charge is 0.332 e. The van der Waals surface area contributed by atoms with Crippen LogP contribution in [0, 0.1) is 0 Å². The second-order valence-corrected chi connectivity index (χ2v) is 5.92. The molecule has 0 aromatic carbocycles. The Morgan fingerprint density at radius 3 is 2.80 bits per heavy atom. The zero-order valence-corrected chi connectivity index (χ0v) is 9.87. The summed E-state index contributed by atoms with van der Waals surface area (Å²) in [6.07, 6.45) is 5.35. The van der Waals surface area contributed by atoms with Crippen molar-refractivity contribution in [2.45, 2.75) is 25.9 Å². The topological polar surface area (TPSA) is 78.0 Å². The van der Waals surface area contributed by atoms with Crippen molar-refractivity contribution in [2.24, 2.45) is 5.73 Å². The van der Waals surface area contributed by atoms with Crippen molar-refractivity contribution < 1.29 is 8.42 Å². The molecule has 0 unspecified atom stereocenters. The highest BCUT2D eigenvalue weighted by Crippen LogP contribution is 2.12. The molecule has 0 aliphatic rings. The van der Waals surface area contributed by atoms with Crippen LogP contribution in [0.15, 0.2) is 12.5 Å². The molecule has 1 atom stereocenters. The van der Waals surface area contributed by atoms with Gasteiger partial charge in [-0.15, -0.1) is 0 Å². The molecule has 0 aliphatic heterocycles. The first-order valence-corrected chi connectivity index (χ1v) is 6.93. The summed E-state index contributed by atoms with van der Waals surface area (Å²) in [5.41, 5.74) is 6.76. The molecule has 15 heavy (non-hydrogen) atoms. The minimum Gasteiger partial charge on any atom is -0.332 e. The molecule has 0 fully saturated rings. The fraction of sp³-hybridized carbons (Fsp3) is 0.667. The van der Waals surface area contributed by atoms with Crippen LogP contribution < -0.4 is 5.73 Å². The van der Waals surface area contributed by atoms with Gasteiger partial charge in [0.15, 0.2) is 0 Å². The number of aromatic nitrogens is 2. The zero-order chi connectivity index (χ0) is 11.5. The molecular formula is C9H17N3O2S. The monoisotopic (exact) mass is 231 g/mol. The summed E-state index contributed by atoms with van der Waals surface area (Å²) in [7, 11) is -2.94. The third kappa shape index (κ3) is 3.64. The molecule has 0 amide bonds. The molecule has 6 heteroatoms. The van der Waals surface area contributed by atoms with E-state index in [4.69, 9.17) is 5.73 Å². The van der Waals surface area contributed by atoms with E-state index in [2.05, 4.69) is 4.98 Å². The molecule has 0 radical (unpaired) electrons. The molecule has 0 bridgehead atoms. The van der Waals surface area contributed by atoms with Crippen LogP contribution in [0.4, 0.5) is 0 Å². The number of aryl methyl sites for hydroxylation is 1. The van der Waals surface area contributed by atoms with E-state index in [1.165, 1.54) is 6.26 Å². The molecule has 1 rings (SSSR count). The highest BCUT2D eigenvalue weighted by atomic mass is 32.2. The van der Waals surface area contributed by atoms with Gasteiger partial charge in [0.25, 0.3) is 0 Å². The Morgan fingerprint density at radius 2 is 2.27 bits per heavy atom. The lowest BCUT2D eigenvalue weighted by atomic mass is 10.2. The molecule has 1 aromatic rings. The van der Waals surface area contributed by atoms with Gasteiger partial charge < -0.3 is 10.3 Å². The first-order chi connectivity index (χ1) is 6.94. The van der Waals surface area contributed by atoms with Crippen molar-refractivity contribution >= 4 is 9.84 Å². The third-order valence-electron chi connectivity index (χ3n) is 2.27. The summed E-state index contributed by atoms with van der Waals surface area (Å²) in [6.45, 7) is 2.40. The summed E-state index contributed by atoms with van der Waals surface area (Å²) in [6, 6.07) is -0.0768. The molecular weight excluding hydrogens is 214 g/mol. The molecule has 0 saturated carbocycles. The van der Waals surface area contributed by atoms with Crippen molar-refractivity contribution in [2.75, 3.05) is 12.0 Å². The SMILES string of the molecule is CC[C@@H](N)c1cncn1CCS(C)(=O)=O. The molecule has 5 nitrogen and oxygen atoms in total. The smallest absolute Gasteiger partial charge is 0.149 e. The van der Waals surface area contributed by atoms with Crippen LogP contribution in [0.5, 0.6) is 0 Å². The summed E-state index contributed by atoms with van der Waals surface area (Å²) in [5, 5.41) is 0. The van der Waals surface area contributed by atoms with Gasteiger partial charge in [-0.3, -0.25) is 0 Å². The van der Waals surface area contributed by atoms with Crippen LogP contribution in [0.25, 0.3) is 0 Å². The Morgan fingerprint density at radius 1 is 1.60 bits per heavy atom. The quantitative estimate of drug-likeness (QED) is 0.792. The minimum atomic E-state index is -2.94. The predicted octanol–water partition coefficient (Wildman–Crippen LogP) is 0.338. The van der Waals surface area contributed by atoms with Gasteiger partial charge in [0.2, 0.25) is 0 Å². The first kappa shape index (κ1) is 12.2. The number of hydrogen-bond donors (Lipinski definition) is 1. The average molecular weight is 231 g/mol. The van der Waals surface area contributed by atoms with Crippen LogP contribution in [-0.4, -0.2) is 30.0 Å². The zero-order valence-electron chi connectivity index (χ0n) is 9.05. The summed E-state index contributed by atoms with van der Waals surface area (Å²) in [5.74, 6) is 0.118. The van der Waals surface area contributed by atoms with Gasteiger partial charge in [0.1, 0.15) is 9.84 Å². The summed E-state index contributed by atoms with van der Waals surface area (Å²) >= 11 is 0.